The van der Waals surface area contributed by atoms with Crippen LogP contribution in [-0.2, 0) is 9.47 Å². The molecule has 1 aliphatic rings. The first-order valence-electron chi connectivity index (χ1n) is 4.81. The van der Waals surface area contributed by atoms with Crippen LogP contribution in [0.4, 0.5) is 0 Å². The van der Waals surface area contributed by atoms with Crippen molar-refractivity contribution >= 4 is 0 Å². The van der Waals surface area contributed by atoms with E-state index in [0.29, 0.717) is 6.04 Å². The summed E-state index contributed by atoms with van der Waals surface area (Å²) in [6.07, 6.45) is -0.0521. The summed E-state index contributed by atoms with van der Waals surface area (Å²) >= 11 is 0. The predicted octanol–water partition coefficient (Wildman–Crippen LogP) is 1.34. The molecule has 0 saturated carbocycles. The maximum Gasteiger partial charge on any atom is 0.162 e. The topological polar surface area (TPSA) is 21.7 Å². The highest BCUT2D eigenvalue weighted by Crippen LogP contribution is 2.26. The zero-order valence-corrected chi connectivity index (χ0v) is 9.33. The molecule has 0 unspecified atom stereocenters. The van der Waals surface area contributed by atoms with Crippen molar-refractivity contribution in [2.45, 2.75) is 33.1 Å². The molecule has 0 N–H and O–H groups in total. The van der Waals surface area contributed by atoms with Crippen LogP contribution in [0.1, 0.15) is 20.8 Å². The van der Waals surface area contributed by atoms with Crippen molar-refractivity contribution in [3.05, 3.63) is 0 Å². The van der Waals surface area contributed by atoms with Crippen LogP contribution in [0.15, 0.2) is 0 Å². The van der Waals surface area contributed by atoms with Crippen molar-refractivity contribution in [1.82, 2.24) is 4.90 Å². The SMILES string of the molecule is CN(C)C1COC(C(C)(C)C)OC1. The summed E-state index contributed by atoms with van der Waals surface area (Å²) < 4.78 is 11.3. The van der Waals surface area contributed by atoms with Crippen molar-refractivity contribution in [3.8, 4) is 0 Å². The minimum absolute atomic E-state index is 0.0521. The monoisotopic (exact) mass is 187 g/mol. The first-order chi connectivity index (χ1) is 5.91. The molecule has 1 saturated heterocycles. The zero-order valence-electron chi connectivity index (χ0n) is 9.33. The molecule has 0 radical (unpaired) electrons. The molecule has 78 valence electrons. The lowest BCUT2D eigenvalue weighted by molar-refractivity contribution is -0.241. The second-order valence-electron chi connectivity index (χ2n) is 4.98. The van der Waals surface area contributed by atoms with E-state index < -0.39 is 0 Å². The fraction of sp³-hybridized carbons (Fsp3) is 1.00. The molecule has 13 heavy (non-hydrogen) atoms. The van der Waals surface area contributed by atoms with Gasteiger partial charge in [-0.2, -0.15) is 0 Å². The minimum atomic E-state index is -0.0521. The fourth-order valence-electron chi connectivity index (χ4n) is 1.29. The van der Waals surface area contributed by atoms with Gasteiger partial charge < -0.3 is 14.4 Å². The van der Waals surface area contributed by atoms with Crippen molar-refractivity contribution in [2.24, 2.45) is 5.41 Å². The molecule has 0 bridgehead atoms. The predicted molar refractivity (Wildman–Crippen MR) is 52.6 cm³/mol. The Kier molecular flexibility index (Phi) is 3.33. The van der Waals surface area contributed by atoms with Gasteiger partial charge in [-0.05, 0) is 14.1 Å². The Hall–Kier alpha value is -0.120. The van der Waals surface area contributed by atoms with Crippen LogP contribution in [-0.4, -0.2) is 44.5 Å². The molecule has 1 rings (SSSR count). The van der Waals surface area contributed by atoms with Gasteiger partial charge in [0.15, 0.2) is 6.29 Å². The van der Waals surface area contributed by atoms with Crippen molar-refractivity contribution in [2.75, 3.05) is 27.3 Å². The van der Waals surface area contributed by atoms with E-state index in [4.69, 9.17) is 9.47 Å². The highest BCUT2D eigenvalue weighted by Gasteiger charge is 2.32. The highest BCUT2D eigenvalue weighted by atomic mass is 16.7. The molecule has 0 aliphatic carbocycles. The van der Waals surface area contributed by atoms with Crippen LogP contribution in [0, 0.1) is 5.41 Å². The Morgan fingerprint density at radius 2 is 1.54 bits per heavy atom. The van der Waals surface area contributed by atoms with Gasteiger partial charge in [0.2, 0.25) is 0 Å². The third kappa shape index (κ3) is 2.93. The van der Waals surface area contributed by atoms with Gasteiger partial charge in [0.1, 0.15) is 0 Å². The fourth-order valence-corrected chi connectivity index (χ4v) is 1.29. The van der Waals surface area contributed by atoms with E-state index in [2.05, 4.69) is 39.8 Å². The second-order valence-corrected chi connectivity index (χ2v) is 4.98. The molecule has 0 atom stereocenters. The largest absolute Gasteiger partial charge is 0.350 e. The van der Waals surface area contributed by atoms with Gasteiger partial charge in [0.05, 0.1) is 19.3 Å². The van der Waals surface area contributed by atoms with Crippen LogP contribution in [0.2, 0.25) is 0 Å². The van der Waals surface area contributed by atoms with E-state index in [1.54, 1.807) is 0 Å². The Morgan fingerprint density at radius 1 is 1.08 bits per heavy atom. The van der Waals surface area contributed by atoms with Gasteiger partial charge in [-0.3, -0.25) is 0 Å². The molecule has 3 nitrogen and oxygen atoms in total. The average molecular weight is 187 g/mol. The molecule has 1 fully saturated rings. The lowest BCUT2D eigenvalue weighted by Crippen LogP contribution is -2.47. The van der Waals surface area contributed by atoms with Crippen LogP contribution in [0.3, 0.4) is 0 Å². The lowest BCUT2D eigenvalue weighted by Gasteiger charge is -2.38. The Bertz CT molecular complexity index is 155. The molecule has 1 aliphatic heterocycles. The molecular formula is C10H21NO2. The molecule has 0 aromatic heterocycles. The van der Waals surface area contributed by atoms with Crippen molar-refractivity contribution < 1.29 is 9.47 Å². The summed E-state index contributed by atoms with van der Waals surface area (Å²) in [5.74, 6) is 0. The number of hydrogen-bond acceptors (Lipinski definition) is 3. The maximum atomic E-state index is 5.65. The molecule has 0 aromatic carbocycles. The molecule has 0 amide bonds. The van der Waals surface area contributed by atoms with E-state index in [9.17, 15) is 0 Å². The summed E-state index contributed by atoms with van der Waals surface area (Å²) in [5, 5.41) is 0. The van der Waals surface area contributed by atoms with E-state index in [1.165, 1.54) is 0 Å². The minimum Gasteiger partial charge on any atom is -0.350 e. The Labute approximate surface area is 81.0 Å². The highest BCUT2D eigenvalue weighted by molar-refractivity contribution is 4.75. The average Bonchev–Trinajstić information content (AvgIpc) is 2.03. The lowest BCUT2D eigenvalue weighted by atomic mass is 9.95. The summed E-state index contributed by atoms with van der Waals surface area (Å²) in [6.45, 7) is 7.94. The van der Waals surface area contributed by atoms with Gasteiger partial charge >= 0.3 is 0 Å². The van der Waals surface area contributed by atoms with Gasteiger partial charge in [-0.1, -0.05) is 20.8 Å². The van der Waals surface area contributed by atoms with Gasteiger partial charge in [-0.25, -0.2) is 0 Å². The molecule has 3 heteroatoms. The van der Waals surface area contributed by atoms with Crippen LogP contribution in [0.25, 0.3) is 0 Å². The third-order valence-electron chi connectivity index (χ3n) is 2.32. The number of likely N-dealkylation sites (N-methyl/N-ethyl adjacent to an activating group) is 1. The summed E-state index contributed by atoms with van der Waals surface area (Å²) in [7, 11) is 4.10. The van der Waals surface area contributed by atoms with Crippen LogP contribution < -0.4 is 0 Å². The van der Waals surface area contributed by atoms with Crippen LogP contribution in [0.5, 0.6) is 0 Å². The number of nitrogens with zero attached hydrogens (tertiary/aromatic N) is 1. The summed E-state index contributed by atoms with van der Waals surface area (Å²) in [5.41, 5.74) is 0.0806. The number of ether oxygens (including phenoxy) is 2. The second kappa shape index (κ2) is 3.95. The van der Waals surface area contributed by atoms with Gasteiger partial charge in [0, 0.05) is 5.41 Å². The molecular weight excluding hydrogens is 166 g/mol. The molecule has 1 heterocycles. The van der Waals surface area contributed by atoms with Gasteiger partial charge in [0.25, 0.3) is 0 Å². The Balaban J connectivity index is 2.39. The summed E-state index contributed by atoms with van der Waals surface area (Å²) in [4.78, 5) is 2.14. The standard InChI is InChI=1S/C10H21NO2/c1-10(2,3)9-12-6-8(7-13-9)11(4)5/h8-9H,6-7H2,1-5H3. The van der Waals surface area contributed by atoms with Crippen molar-refractivity contribution in [1.29, 1.82) is 0 Å². The first-order valence-corrected chi connectivity index (χ1v) is 4.81. The smallest absolute Gasteiger partial charge is 0.162 e. The van der Waals surface area contributed by atoms with Gasteiger partial charge in [-0.15, -0.1) is 0 Å². The quantitative estimate of drug-likeness (QED) is 0.618. The Morgan fingerprint density at radius 3 is 1.85 bits per heavy atom. The normalized spacial score (nSPS) is 30.9. The number of rotatable bonds is 1. The van der Waals surface area contributed by atoms with Crippen LogP contribution >= 0.6 is 0 Å². The first kappa shape index (κ1) is 11.0. The van der Waals surface area contributed by atoms with Crippen molar-refractivity contribution in [3.63, 3.8) is 0 Å². The zero-order chi connectivity index (χ0) is 10.1. The molecule has 0 spiro atoms. The maximum absolute atomic E-state index is 5.65. The van der Waals surface area contributed by atoms with E-state index in [-0.39, 0.29) is 11.7 Å². The summed E-state index contributed by atoms with van der Waals surface area (Å²) in [6, 6.07) is 0.401. The molecule has 0 aromatic rings. The van der Waals surface area contributed by atoms with E-state index in [1.807, 2.05) is 0 Å². The van der Waals surface area contributed by atoms with E-state index >= 15 is 0 Å². The number of hydrogen-bond donors (Lipinski definition) is 0. The van der Waals surface area contributed by atoms with E-state index in [0.717, 1.165) is 13.2 Å². The third-order valence-corrected chi connectivity index (χ3v) is 2.32.